The maximum Gasteiger partial charge on any atom is 0.338 e. The summed E-state index contributed by atoms with van der Waals surface area (Å²) in [5.41, 5.74) is 2.75. The highest BCUT2D eigenvalue weighted by Crippen LogP contribution is 2.39. The molecule has 7 nitrogen and oxygen atoms in total. The molecule has 0 bridgehead atoms. The number of hydrogen-bond acceptors (Lipinski definition) is 5. The fourth-order valence-corrected chi connectivity index (χ4v) is 4.07. The molecule has 31 heavy (non-hydrogen) atoms. The molecule has 2 aromatic heterocycles. The second-order valence-corrected chi connectivity index (χ2v) is 7.59. The molecule has 1 aliphatic heterocycles. The first-order valence-corrected chi connectivity index (χ1v) is 10.1. The average molecular weight is 419 g/mol. The SMILES string of the molecule is COC(=O)C1=C(C)NC(C)=C(C(=O)OC(C)n2cc3ccccc3c2)C1c1ccc[nH]1. The highest BCUT2D eigenvalue weighted by molar-refractivity contribution is 5.99. The highest BCUT2D eigenvalue weighted by Gasteiger charge is 2.38. The van der Waals surface area contributed by atoms with Gasteiger partial charge in [0.2, 0.25) is 0 Å². The highest BCUT2D eigenvalue weighted by atomic mass is 16.6. The first-order chi connectivity index (χ1) is 14.9. The minimum Gasteiger partial charge on any atom is -0.466 e. The van der Waals surface area contributed by atoms with Crippen molar-refractivity contribution in [2.24, 2.45) is 0 Å². The molecule has 0 saturated carbocycles. The molecule has 0 radical (unpaired) electrons. The lowest BCUT2D eigenvalue weighted by Gasteiger charge is -2.30. The molecule has 7 heteroatoms. The molecule has 3 aromatic rings. The number of ether oxygens (including phenoxy) is 2. The summed E-state index contributed by atoms with van der Waals surface area (Å²) < 4.78 is 12.7. The van der Waals surface area contributed by atoms with Gasteiger partial charge in [-0.1, -0.05) is 24.3 Å². The number of nitrogens with one attached hydrogen (secondary N) is 2. The molecule has 0 fully saturated rings. The largest absolute Gasteiger partial charge is 0.466 e. The minimum atomic E-state index is -0.618. The maximum atomic E-state index is 13.4. The van der Waals surface area contributed by atoms with Crippen molar-refractivity contribution in [1.29, 1.82) is 0 Å². The Morgan fingerprint density at radius 2 is 1.58 bits per heavy atom. The molecule has 2 N–H and O–H groups in total. The average Bonchev–Trinajstić information content (AvgIpc) is 3.42. The molecule has 4 rings (SSSR count). The van der Waals surface area contributed by atoms with E-state index in [4.69, 9.17) is 9.47 Å². The number of aromatic nitrogens is 2. The summed E-state index contributed by atoms with van der Waals surface area (Å²) in [6, 6.07) is 11.6. The maximum absolute atomic E-state index is 13.4. The Hall–Kier alpha value is -3.74. The van der Waals surface area contributed by atoms with Gasteiger partial charge in [-0.15, -0.1) is 0 Å². The summed E-state index contributed by atoms with van der Waals surface area (Å²) in [5, 5.41) is 5.27. The summed E-state index contributed by atoms with van der Waals surface area (Å²) in [7, 11) is 1.33. The van der Waals surface area contributed by atoms with E-state index >= 15 is 0 Å². The Labute approximate surface area is 180 Å². The number of benzene rings is 1. The quantitative estimate of drug-likeness (QED) is 0.607. The standard InChI is InChI=1S/C24H25N3O4/c1-14-20(23(28)30-4)22(19-10-7-11-25-19)21(15(2)26-14)24(29)31-16(3)27-12-17-8-5-6-9-18(17)13-27/h5-13,16,22,25-26H,1-4H3. The number of carbonyl (C=O) groups is 2. The van der Waals surface area contributed by atoms with Crippen LogP contribution in [0.5, 0.6) is 0 Å². The van der Waals surface area contributed by atoms with Gasteiger partial charge in [0.25, 0.3) is 0 Å². The molecule has 2 atom stereocenters. The number of nitrogens with zero attached hydrogens (tertiary/aromatic N) is 1. The number of allylic oxidation sites excluding steroid dienone is 2. The Bertz CT molecular complexity index is 1170. The van der Waals surface area contributed by atoms with Gasteiger partial charge in [-0.05, 0) is 43.7 Å². The van der Waals surface area contributed by atoms with E-state index in [0.717, 1.165) is 10.8 Å². The topological polar surface area (TPSA) is 85.3 Å². The van der Waals surface area contributed by atoms with Crippen LogP contribution in [-0.4, -0.2) is 28.6 Å². The Morgan fingerprint density at radius 3 is 2.13 bits per heavy atom. The molecule has 2 unspecified atom stereocenters. The summed E-state index contributed by atoms with van der Waals surface area (Å²) in [6.45, 7) is 5.41. The van der Waals surface area contributed by atoms with Crippen molar-refractivity contribution in [1.82, 2.24) is 14.9 Å². The predicted molar refractivity (Wildman–Crippen MR) is 117 cm³/mol. The Balaban J connectivity index is 1.67. The summed E-state index contributed by atoms with van der Waals surface area (Å²) >= 11 is 0. The van der Waals surface area contributed by atoms with Crippen LogP contribution in [0.4, 0.5) is 0 Å². The van der Waals surface area contributed by atoms with E-state index in [1.54, 1.807) is 20.0 Å². The van der Waals surface area contributed by atoms with E-state index in [-0.39, 0.29) is 0 Å². The van der Waals surface area contributed by atoms with Gasteiger partial charge in [0.1, 0.15) is 0 Å². The molecule has 0 amide bonds. The van der Waals surface area contributed by atoms with E-state index in [2.05, 4.69) is 10.3 Å². The van der Waals surface area contributed by atoms with E-state index in [9.17, 15) is 9.59 Å². The number of fused-ring (bicyclic) bond motifs is 1. The van der Waals surface area contributed by atoms with Crippen molar-refractivity contribution in [2.45, 2.75) is 32.9 Å². The number of aromatic amines is 1. The third-order valence-electron chi connectivity index (χ3n) is 5.59. The smallest absolute Gasteiger partial charge is 0.338 e. The van der Waals surface area contributed by atoms with Crippen LogP contribution in [0.1, 0.15) is 38.6 Å². The molecule has 3 heterocycles. The number of methoxy groups -OCH3 is 1. The zero-order valence-corrected chi connectivity index (χ0v) is 17.9. The minimum absolute atomic E-state index is 0.372. The van der Waals surface area contributed by atoms with Crippen LogP contribution >= 0.6 is 0 Å². The van der Waals surface area contributed by atoms with E-state index in [0.29, 0.717) is 28.2 Å². The third kappa shape index (κ3) is 3.74. The van der Waals surface area contributed by atoms with Crippen LogP contribution < -0.4 is 5.32 Å². The van der Waals surface area contributed by atoms with Crippen LogP contribution in [0.15, 0.2) is 77.5 Å². The van der Waals surface area contributed by atoms with Crippen molar-refractivity contribution in [2.75, 3.05) is 7.11 Å². The molecule has 0 saturated heterocycles. The zero-order chi connectivity index (χ0) is 22.1. The van der Waals surface area contributed by atoms with Gasteiger partial charge >= 0.3 is 11.9 Å². The van der Waals surface area contributed by atoms with Crippen LogP contribution in [0.3, 0.4) is 0 Å². The normalized spacial score (nSPS) is 17.5. The third-order valence-corrected chi connectivity index (χ3v) is 5.59. The molecular weight excluding hydrogens is 394 g/mol. The Kier molecular flexibility index (Phi) is 5.42. The second-order valence-electron chi connectivity index (χ2n) is 7.59. The van der Waals surface area contributed by atoms with E-state index in [1.807, 2.05) is 60.3 Å². The number of esters is 2. The van der Waals surface area contributed by atoms with Crippen LogP contribution in [0, 0.1) is 0 Å². The molecule has 0 spiro atoms. The predicted octanol–water partition coefficient (Wildman–Crippen LogP) is 4.14. The van der Waals surface area contributed by atoms with Gasteiger partial charge in [-0.25, -0.2) is 9.59 Å². The molecule has 1 aromatic carbocycles. The monoisotopic (exact) mass is 419 g/mol. The van der Waals surface area contributed by atoms with Crippen molar-refractivity contribution in [3.05, 3.63) is 83.2 Å². The van der Waals surface area contributed by atoms with Gasteiger partial charge in [0, 0.05) is 35.7 Å². The van der Waals surface area contributed by atoms with Gasteiger partial charge in [0.15, 0.2) is 6.23 Å². The summed E-state index contributed by atoms with van der Waals surface area (Å²) in [6.07, 6.45) is 5.12. The molecule has 160 valence electrons. The van der Waals surface area contributed by atoms with Crippen molar-refractivity contribution in [3.8, 4) is 0 Å². The van der Waals surface area contributed by atoms with Gasteiger partial charge in [-0.3, -0.25) is 0 Å². The lowest BCUT2D eigenvalue weighted by atomic mass is 9.83. The fraction of sp³-hybridized carbons (Fsp3) is 0.250. The number of rotatable bonds is 5. The number of dihydropyridines is 1. The van der Waals surface area contributed by atoms with E-state index in [1.165, 1.54) is 7.11 Å². The molecular formula is C24H25N3O4. The molecule has 1 aliphatic rings. The summed E-state index contributed by atoms with van der Waals surface area (Å²) in [5.74, 6) is -1.61. The van der Waals surface area contributed by atoms with E-state index < -0.39 is 24.1 Å². The van der Waals surface area contributed by atoms with Crippen LogP contribution in [-0.2, 0) is 19.1 Å². The second kappa shape index (κ2) is 8.18. The van der Waals surface area contributed by atoms with Crippen LogP contribution in [0.2, 0.25) is 0 Å². The van der Waals surface area contributed by atoms with Gasteiger partial charge in [-0.2, -0.15) is 0 Å². The van der Waals surface area contributed by atoms with Crippen molar-refractivity contribution >= 4 is 22.7 Å². The number of hydrogen-bond donors (Lipinski definition) is 2. The van der Waals surface area contributed by atoms with Crippen molar-refractivity contribution < 1.29 is 19.1 Å². The first-order valence-electron chi connectivity index (χ1n) is 10.1. The number of carbonyl (C=O) groups excluding carboxylic acids is 2. The Morgan fingerprint density at radius 1 is 0.968 bits per heavy atom. The molecule has 0 aliphatic carbocycles. The lowest BCUT2D eigenvalue weighted by Crippen LogP contribution is -2.33. The fourth-order valence-electron chi connectivity index (χ4n) is 4.07. The zero-order valence-electron chi connectivity index (χ0n) is 17.9. The van der Waals surface area contributed by atoms with Gasteiger partial charge in [0.05, 0.1) is 24.2 Å². The number of H-pyrrole nitrogens is 1. The first kappa shape index (κ1) is 20.5. The lowest BCUT2D eigenvalue weighted by molar-refractivity contribution is -0.148. The summed E-state index contributed by atoms with van der Waals surface area (Å²) in [4.78, 5) is 29.1. The van der Waals surface area contributed by atoms with Crippen molar-refractivity contribution in [3.63, 3.8) is 0 Å². The van der Waals surface area contributed by atoms with Gasteiger partial charge < -0.3 is 24.3 Å². The van der Waals surface area contributed by atoms with Crippen LogP contribution in [0.25, 0.3) is 10.8 Å².